The molecular formula is C9H13Cl2N. The predicted molar refractivity (Wildman–Crippen MR) is 55.0 cm³/mol. The van der Waals surface area contributed by atoms with Gasteiger partial charge in [0, 0.05) is 0 Å². The van der Waals surface area contributed by atoms with E-state index in [4.69, 9.17) is 23.2 Å². The van der Waals surface area contributed by atoms with E-state index in [9.17, 15) is 0 Å². The van der Waals surface area contributed by atoms with Crippen molar-refractivity contribution in [3.63, 3.8) is 0 Å². The second-order valence-electron chi connectivity index (χ2n) is 1.94. The van der Waals surface area contributed by atoms with Gasteiger partial charge in [-0.3, -0.25) is 0 Å². The molecule has 1 rings (SSSR count). The Balaban J connectivity index is 0.000000561. The van der Waals surface area contributed by atoms with E-state index in [2.05, 4.69) is 4.98 Å². The van der Waals surface area contributed by atoms with E-state index >= 15 is 0 Å². The highest BCUT2D eigenvalue weighted by Gasteiger charge is 1.98. The second kappa shape index (κ2) is 6.27. The van der Waals surface area contributed by atoms with E-state index in [1.165, 1.54) is 0 Å². The molecule has 0 amide bonds. The smallest absolute Gasteiger partial charge is 0.133 e. The molecule has 0 N–H and O–H groups in total. The molecule has 1 aromatic heterocycles. The first-order valence-electron chi connectivity index (χ1n) is 4.05. The number of hydrogen-bond donors (Lipinski definition) is 0. The number of hydrogen-bond acceptors (Lipinski definition) is 1. The molecule has 3 heteroatoms. The van der Waals surface area contributed by atoms with Crippen LogP contribution in [0.1, 0.15) is 26.3 Å². The van der Waals surface area contributed by atoms with Crippen LogP contribution in [0, 0.1) is 0 Å². The second-order valence-corrected chi connectivity index (χ2v) is 2.68. The summed E-state index contributed by atoms with van der Waals surface area (Å²) >= 11 is 11.3. The minimum atomic E-state index is 0.446. The fourth-order valence-corrected chi connectivity index (χ4v) is 1.18. The van der Waals surface area contributed by atoms with Crippen LogP contribution in [0.2, 0.25) is 10.3 Å². The van der Waals surface area contributed by atoms with Crippen molar-refractivity contribution in [1.82, 2.24) is 4.98 Å². The molecule has 0 radical (unpaired) electrons. The van der Waals surface area contributed by atoms with E-state index in [1.54, 1.807) is 6.07 Å². The molecule has 0 aromatic carbocycles. The Kier molecular flexibility index (Phi) is 6.13. The summed E-state index contributed by atoms with van der Waals surface area (Å²) in [7, 11) is 0. The van der Waals surface area contributed by atoms with E-state index in [0.29, 0.717) is 10.3 Å². The van der Waals surface area contributed by atoms with Crippen LogP contribution in [-0.2, 0) is 6.42 Å². The Morgan fingerprint density at radius 3 is 2.25 bits per heavy atom. The molecule has 1 aromatic rings. The van der Waals surface area contributed by atoms with Crippen LogP contribution in [-0.4, -0.2) is 4.98 Å². The zero-order valence-electron chi connectivity index (χ0n) is 7.56. The van der Waals surface area contributed by atoms with Gasteiger partial charge < -0.3 is 0 Å². The Morgan fingerprint density at radius 1 is 1.25 bits per heavy atom. The lowest BCUT2D eigenvalue weighted by Gasteiger charge is -1.97. The fraction of sp³-hybridized carbons (Fsp3) is 0.444. The van der Waals surface area contributed by atoms with E-state index < -0.39 is 0 Å². The number of nitrogens with zero attached hydrogens (tertiary/aromatic N) is 1. The maximum absolute atomic E-state index is 5.73. The summed E-state index contributed by atoms with van der Waals surface area (Å²) in [5.74, 6) is 0. The number of aromatic nitrogens is 1. The van der Waals surface area contributed by atoms with Crippen LogP contribution in [0.15, 0.2) is 12.1 Å². The minimum Gasteiger partial charge on any atom is -0.224 e. The third-order valence-electron chi connectivity index (χ3n) is 1.27. The molecule has 0 saturated heterocycles. The minimum absolute atomic E-state index is 0.446. The lowest BCUT2D eigenvalue weighted by Crippen LogP contribution is -1.85. The first-order chi connectivity index (χ1) is 5.74. The van der Waals surface area contributed by atoms with Crippen LogP contribution in [0.3, 0.4) is 0 Å². The average Bonchev–Trinajstić information content (AvgIpc) is 2.08. The Hall–Kier alpha value is -0.270. The van der Waals surface area contributed by atoms with Gasteiger partial charge in [0.05, 0.1) is 0 Å². The lowest BCUT2D eigenvalue weighted by atomic mass is 10.2. The van der Waals surface area contributed by atoms with Crippen LogP contribution < -0.4 is 0 Å². The molecule has 0 saturated carbocycles. The van der Waals surface area contributed by atoms with Gasteiger partial charge in [-0.1, -0.05) is 50.0 Å². The van der Waals surface area contributed by atoms with Crippen LogP contribution >= 0.6 is 23.2 Å². The quantitative estimate of drug-likeness (QED) is 0.633. The van der Waals surface area contributed by atoms with E-state index in [0.717, 1.165) is 12.0 Å². The molecule has 0 bridgehead atoms. The molecule has 0 atom stereocenters. The third kappa shape index (κ3) is 3.42. The molecule has 1 heterocycles. The van der Waals surface area contributed by atoms with Gasteiger partial charge in [-0.15, -0.1) is 0 Å². The topological polar surface area (TPSA) is 12.9 Å². The van der Waals surface area contributed by atoms with Crippen LogP contribution in [0.5, 0.6) is 0 Å². The first kappa shape index (κ1) is 11.7. The molecular weight excluding hydrogens is 193 g/mol. The number of pyridine rings is 1. The summed E-state index contributed by atoms with van der Waals surface area (Å²) < 4.78 is 0. The maximum atomic E-state index is 5.73. The Bertz CT molecular complexity index is 236. The highest BCUT2D eigenvalue weighted by molar-refractivity contribution is 6.32. The maximum Gasteiger partial charge on any atom is 0.133 e. The fourth-order valence-electron chi connectivity index (χ4n) is 0.705. The number of rotatable bonds is 1. The third-order valence-corrected chi connectivity index (χ3v) is 1.81. The molecule has 1 nitrogen and oxygen atoms in total. The summed E-state index contributed by atoms with van der Waals surface area (Å²) in [6.07, 6.45) is 0.892. The van der Waals surface area contributed by atoms with Gasteiger partial charge in [0.25, 0.3) is 0 Å². The summed E-state index contributed by atoms with van der Waals surface area (Å²) in [6, 6.07) is 3.63. The van der Waals surface area contributed by atoms with Gasteiger partial charge in [0.15, 0.2) is 0 Å². The summed E-state index contributed by atoms with van der Waals surface area (Å²) in [5, 5.41) is 0.956. The van der Waals surface area contributed by atoms with E-state index in [1.807, 2.05) is 26.8 Å². The Labute approximate surface area is 83.7 Å². The van der Waals surface area contributed by atoms with Gasteiger partial charge in [-0.25, -0.2) is 4.98 Å². The molecule has 0 aliphatic carbocycles. The van der Waals surface area contributed by atoms with E-state index in [-0.39, 0.29) is 0 Å². The van der Waals surface area contributed by atoms with Gasteiger partial charge in [-0.05, 0) is 18.1 Å². The average molecular weight is 206 g/mol. The number of aryl methyl sites for hydroxylation is 1. The zero-order chi connectivity index (χ0) is 9.56. The Morgan fingerprint density at radius 2 is 1.83 bits per heavy atom. The molecule has 0 aliphatic rings. The molecule has 0 spiro atoms. The monoisotopic (exact) mass is 205 g/mol. The van der Waals surface area contributed by atoms with Gasteiger partial charge in [0.1, 0.15) is 10.3 Å². The van der Waals surface area contributed by atoms with Crippen LogP contribution in [0.25, 0.3) is 0 Å². The van der Waals surface area contributed by atoms with Crippen molar-refractivity contribution in [2.75, 3.05) is 0 Å². The van der Waals surface area contributed by atoms with Crippen molar-refractivity contribution < 1.29 is 0 Å². The van der Waals surface area contributed by atoms with Gasteiger partial charge in [0.2, 0.25) is 0 Å². The molecule has 0 fully saturated rings. The standard InChI is InChI=1S/C7H7Cl2N.C2H6/c1-2-5-3-4-6(8)10-7(5)9;1-2/h3-4H,2H2,1H3;1-2H3. The molecule has 0 aliphatic heterocycles. The van der Waals surface area contributed by atoms with Crippen molar-refractivity contribution in [3.05, 3.63) is 28.0 Å². The number of halogens is 2. The highest BCUT2D eigenvalue weighted by atomic mass is 35.5. The SMILES string of the molecule is CC.CCc1ccc(Cl)nc1Cl. The largest absolute Gasteiger partial charge is 0.224 e. The van der Waals surface area contributed by atoms with Crippen LogP contribution in [0.4, 0.5) is 0 Å². The summed E-state index contributed by atoms with van der Waals surface area (Å²) in [4.78, 5) is 3.88. The van der Waals surface area contributed by atoms with Crippen molar-refractivity contribution in [2.45, 2.75) is 27.2 Å². The van der Waals surface area contributed by atoms with Crippen molar-refractivity contribution in [3.8, 4) is 0 Å². The van der Waals surface area contributed by atoms with Crippen molar-refractivity contribution in [2.24, 2.45) is 0 Å². The summed E-state index contributed by atoms with van der Waals surface area (Å²) in [6.45, 7) is 6.02. The first-order valence-corrected chi connectivity index (χ1v) is 4.80. The highest BCUT2D eigenvalue weighted by Crippen LogP contribution is 2.16. The van der Waals surface area contributed by atoms with Gasteiger partial charge in [-0.2, -0.15) is 0 Å². The normalized spacial score (nSPS) is 8.75. The zero-order valence-corrected chi connectivity index (χ0v) is 9.08. The van der Waals surface area contributed by atoms with Crippen molar-refractivity contribution >= 4 is 23.2 Å². The molecule has 68 valence electrons. The summed E-state index contributed by atoms with van der Waals surface area (Å²) in [5.41, 5.74) is 1.03. The van der Waals surface area contributed by atoms with Crippen molar-refractivity contribution in [1.29, 1.82) is 0 Å². The molecule has 0 unspecified atom stereocenters. The lowest BCUT2D eigenvalue weighted by molar-refractivity contribution is 1.10. The molecule has 12 heavy (non-hydrogen) atoms. The predicted octanol–water partition coefficient (Wildman–Crippen LogP) is 3.98. The van der Waals surface area contributed by atoms with Gasteiger partial charge >= 0.3 is 0 Å².